The first-order chi connectivity index (χ1) is 9.86. The van der Waals surface area contributed by atoms with Crippen LogP contribution in [0, 0.1) is 6.92 Å². The average molecular weight is 311 g/mol. The second-order valence-electron chi connectivity index (χ2n) is 5.31. The third-order valence-electron chi connectivity index (χ3n) is 3.97. The molecule has 1 aromatic carbocycles. The van der Waals surface area contributed by atoms with Gasteiger partial charge in [-0.15, -0.1) is 0 Å². The molecule has 0 unspecified atom stereocenters. The highest BCUT2D eigenvalue weighted by atomic mass is 32.2. The molecule has 1 heterocycles. The van der Waals surface area contributed by atoms with Gasteiger partial charge in [-0.2, -0.15) is 4.31 Å². The summed E-state index contributed by atoms with van der Waals surface area (Å²) >= 11 is 0. The Morgan fingerprint density at radius 1 is 1.33 bits per heavy atom. The van der Waals surface area contributed by atoms with E-state index in [1.54, 1.807) is 13.0 Å². The van der Waals surface area contributed by atoms with Gasteiger partial charge in [-0.1, -0.05) is 6.07 Å². The molecular formula is C14H21N3O3S. The summed E-state index contributed by atoms with van der Waals surface area (Å²) in [6.45, 7) is 2.69. The molecule has 1 aliphatic rings. The van der Waals surface area contributed by atoms with E-state index in [-0.39, 0.29) is 10.5 Å². The number of hydrogen-bond acceptors (Lipinski definition) is 4. The predicted molar refractivity (Wildman–Crippen MR) is 80.5 cm³/mol. The van der Waals surface area contributed by atoms with E-state index in [4.69, 9.17) is 5.73 Å². The monoisotopic (exact) mass is 311 g/mol. The summed E-state index contributed by atoms with van der Waals surface area (Å²) in [4.78, 5) is 11.5. The molecule has 1 amide bonds. The minimum atomic E-state index is -3.57. The lowest BCUT2D eigenvalue weighted by Crippen LogP contribution is -2.43. The molecular weight excluding hydrogens is 290 g/mol. The number of benzene rings is 1. The van der Waals surface area contributed by atoms with Crippen molar-refractivity contribution in [3.8, 4) is 0 Å². The van der Waals surface area contributed by atoms with Crippen molar-refractivity contribution in [2.24, 2.45) is 5.73 Å². The van der Waals surface area contributed by atoms with Crippen LogP contribution in [-0.2, 0) is 10.0 Å². The van der Waals surface area contributed by atoms with Crippen LogP contribution in [-0.4, -0.2) is 44.8 Å². The zero-order valence-corrected chi connectivity index (χ0v) is 13.1. The molecule has 0 aliphatic carbocycles. The van der Waals surface area contributed by atoms with Crippen LogP contribution in [0.2, 0.25) is 0 Å². The Labute approximate surface area is 125 Å². The number of carbonyl (C=O) groups is 1. The van der Waals surface area contributed by atoms with Gasteiger partial charge in [0.1, 0.15) is 0 Å². The van der Waals surface area contributed by atoms with E-state index in [1.807, 2.05) is 7.05 Å². The molecule has 1 saturated heterocycles. The summed E-state index contributed by atoms with van der Waals surface area (Å²) < 4.78 is 26.7. The Hall–Kier alpha value is -1.44. The maximum absolute atomic E-state index is 12.6. The third-order valence-corrected chi connectivity index (χ3v) is 5.87. The first-order valence-corrected chi connectivity index (χ1v) is 8.38. The highest BCUT2D eigenvalue weighted by molar-refractivity contribution is 7.89. The summed E-state index contributed by atoms with van der Waals surface area (Å²) in [7, 11) is -1.69. The molecule has 0 bridgehead atoms. The molecule has 21 heavy (non-hydrogen) atoms. The highest BCUT2D eigenvalue weighted by Crippen LogP contribution is 2.22. The third kappa shape index (κ3) is 3.25. The Morgan fingerprint density at radius 2 is 1.95 bits per heavy atom. The van der Waals surface area contributed by atoms with E-state index in [0.717, 1.165) is 12.8 Å². The number of primary amides is 1. The lowest BCUT2D eigenvalue weighted by molar-refractivity contribution is 0.0999. The number of carbonyl (C=O) groups excluding carboxylic acids is 1. The molecule has 0 saturated carbocycles. The van der Waals surface area contributed by atoms with Crippen molar-refractivity contribution in [1.82, 2.24) is 9.62 Å². The van der Waals surface area contributed by atoms with Gasteiger partial charge in [0.15, 0.2) is 0 Å². The number of aryl methyl sites for hydroxylation is 1. The molecule has 1 aromatic rings. The van der Waals surface area contributed by atoms with E-state index >= 15 is 0 Å². The van der Waals surface area contributed by atoms with E-state index in [0.29, 0.717) is 24.7 Å². The van der Waals surface area contributed by atoms with Gasteiger partial charge in [0.25, 0.3) is 0 Å². The largest absolute Gasteiger partial charge is 0.366 e. The minimum Gasteiger partial charge on any atom is -0.366 e. The Balaban J connectivity index is 2.28. The lowest BCUT2D eigenvalue weighted by Gasteiger charge is -2.31. The molecule has 7 heteroatoms. The van der Waals surface area contributed by atoms with Gasteiger partial charge < -0.3 is 11.1 Å². The fraction of sp³-hybridized carbons (Fsp3) is 0.500. The molecule has 2 rings (SSSR count). The van der Waals surface area contributed by atoms with Gasteiger partial charge in [-0.05, 0) is 44.5 Å². The molecule has 0 radical (unpaired) electrons. The van der Waals surface area contributed by atoms with Crippen LogP contribution in [0.1, 0.15) is 28.8 Å². The molecule has 1 fully saturated rings. The molecule has 3 N–H and O–H groups in total. The quantitative estimate of drug-likeness (QED) is 0.845. The van der Waals surface area contributed by atoms with Crippen LogP contribution in [0.15, 0.2) is 23.1 Å². The molecule has 0 spiro atoms. The maximum Gasteiger partial charge on any atom is 0.249 e. The molecule has 1 aliphatic heterocycles. The lowest BCUT2D eigenvalue weighted by atomic mass is 10.1. The van der Waals surface area contributed by atoms with E-state index in [9.17, 15) is 13.2 Å². The van der Waals surface area contributed by atoms with Gasteiger partial charge in [0, 0.05) is 24.7 Å². The summed E-state index contributed by atoms with van der Waals surface area (Å²) in [5.74, 6) is -0.613. The van der Waals surface area contributed by atoms with E-state index < -0.39 is 15.9 Å². The Morgan fingerprint density at radius 3 is 2.48 bits per heavy atom. The number of rotatable bonds is 4. The van der Waals surface area contributed by atoms with Crippen molar-refractivity contribution in [2.75, 3.05) is 20.1 Å². The second-order valence-corrected chi connectivity index (χ2v) is 7.25. The maximum atomic E-state index is 12.6. The van der Waals surface area contributed by atoms with Gasteiger partial charge in [0.05, 0.1) is 4.90 Å². The molecule has 116 valence electrons. The summed E-state index contributed by atoms with van der Waals surface area (Å²) in [5, 5.41) is 3.16. The van der Waals surface area contributed by atoms with Gasteiger partial charge in [-0.25, -0.2) is 8.42 Å². The number of nitrogens with one attached hydrogen (secondary N) is 1. The Kier molecular flexibility index (Phi) is 4.65. The molecule has 0 aromatic heterocycles. The van der Waals surface area contributed by atoms with Gasteiger partial charge >= 0.3 is 0 Å². The van der Waals surface area contributed by atoms with Crippen LogP contribution in [0.25, 0.3) is 0 Å². The van der Waals surface area contributed by atoms with Gasteiger partial charge in [0.2, 0.25) is 15.9 Å². The first-order valence-electron chi connectivity index (χ1n) is 6.94. The fourth-order valence-electron chi connectivity index (χ4n) is 2.56. The predicted octanol–water partition coefficient (Wildman–Crippen LogP) is 0.466. The summed E-state index contributed by atoms with van der Waals surface area (Å²) in [5.41, 5.74) is 6.21. The number of nitrogens with zero attached hydrogens (tertiary/aromatic N) is 1. The average Bonchev–Trinajstić information content (AvgIpc) is 2.47. The molecule has 6 nitrogen and oxygen atoms in total. The second kappa shape index (κ2) is 6.13. The van der Waals surface area contributed by atoms with Crippen molar-refractivity contribution >= 4 is 15.9 Å². The standard InChI is InChI=1S/C14H21N3O3S/c1-10-3-4-12(9-13(10)14(15)18)21(19,20)17-7-5-11(16-2)6-8-17/h3-4,9,11,16H,5-8H2,1-2H3,(H2,15,18). The number of amides is 1. The SMILES string of the molecule is CNC1CCN(S(=O)(=O)c2ccc(C)c(C(N)=O)c2)CC1. The zero-order valence-electron chi connectivity index (χ0n) is 12.3. The van der Waals surface area contributed by atoms with E-state index in [1.165, 1.54) is 16.4 Å². The topological polar surface area (TPSA) is 92.5 Å². The first kappa shape index (κ1) is 15.9. The van der Waals surface area contributed by atoms with Crippen molar-refractivity contribution < 1.29 is 13.2 Å². The minimum absolute atomic E-state index is 0.129. The summed E-state index contributed by atoms with van der Waals surface area (Å²) in [6, 6.07) is 4.88. The van der Waals surface area contributed by atoms with E-state index in [2.05, 4.69) is 5.32 Å². The number of nitrogens with two attached hydrogens (primary N) is 1. The number of hydrogen-bond donors (Lipinski definition) is 2. The van der Waals surface area contributed by atoms with Crippen molar-refractivity contribution in [3.05, 3.63) is 29.3 Å². The summed E-state index contributed by atoms with van der Waals surface area (Å²) in [6.07, 6.45) is 1.56. The van der Waals surface area contributed by atoms with Crippen LogP contribution in [0.3, 0.4) is 0 Å². The van der Waals surface area contributed by atoms with Crippen LogP contribution >= 0.6 is 0 Å². The normalized spacial score (nSPS) is 17.8. The van der Waals surface area contributed by atoms with Crippen molar-refractivity contribution in [3.63, 3.8) is 0 Å². The fourth-order valence-corrected chi connectivity index (χ4v) is 4.06. The Bertz CT molecular complexity index is 635. The van der Waals surface area contributed by atoms with Crippen LogP contribution < -0.4 is 11.1 Å². The van der Waals surface area contributed by atoms with Crippen molar-refractivity contribution in [1.29, 1.82) is 0 Å². The van der Waals surface area contributed by atoms with Crippen molar-refractivity contribution in [2.45, 2.75) is 30.7 Å². The smallest absolute Gasteiger partial charge is 0.249 e. The highest BCUT2D eigenvalue weighted by Gasteiger charge is 2.29. The van der Waals surface area contributed by atoms with Crippen LogP contribution in [0.5, 0.6) is 0 Å². The number of piperidine rings is 1. The van der Waals surface area contributed by atoms with Crippen LogP contribution in [0.4, 0.5) is 0 Å². The van der Waals surface area contributed by atoms with Gasteiger partial charge in [-0.3, -0.25) is 4.79 Å². The zero-order chi connectivity index (χ0) is 15.6. The number of sulfonamides is 1. The molecule has 0 atom stereocenters.